The van der Waals surface area contributed by atoms with Crippen molar-refractivity contribution in [1.82, 2.24) is 0 Å². The minimum absolute atomic E-state index is 0.00965. The first-order chi connectivity index (χ1) is 9.61. The highest BCUT2D eigenvalue weighted by Crippen LogP contribution is 2.24. The highest BCUT2D eigenvalue weighted by Gasteiger charge is 2.10. The Balaban J connectivity index is 2.18. The first kappa shape index (κ1) is 13.8. The number of rotatable bonds is 5. The van der Waals surface area contributed by atoms with Crippen LogP contribution in [0.2, 0.25) is 0 Å². The lowest BCUT2D eigenvalue weighted by molar-refractivity contribution is -0.384. The lowest BCUT2D eigenvalue weighted by Gasteiger charge is -2.11. The number of anilines is 1. The molecule has 0 fully saturated rings. The number of para-hydroxylation sites is 1. The number of aliphatic hydroxyl groups excluding tert-OH is 1. The average molecular weight is 274 g/mol. The Morgan fingerprint density at radius 1 is 1.15 bits per heavy atom. The van der Waals surface area contributed by atoms with Gasteiger partial charge in [-0.15, -0.1) is 0 Å². The predicted molar refractivity (Wildman–Crippen MR) is 74.5 cm³/mol. The zero-order chi connectivity index (χ0) is 14.5. The van der Waals surface area contributed by atoms with Crippen LogP contribution in [0.25, 0.3) is 0 Å². The fourth-order valence-corrected chi connectivity index (χ4v) is 1.85. The van der Waals surface area contributed by atoms with Gasteiger partial charge in [0.2, 0.25) is 0 Å². The van der Waals surface area contributed by atoms with Gasteiger partial charge in [0.05, 0.1) is 11.5 Å². The van der Waals surface area contributed by atoms with Gasteiger partial charge in [0.1, 0.15) is 5.75 Å². The molecule has 0 saturated heterocycles. The van der Waals surface area contributed by atoms with E-state index in [9.17, 15) is 20.3 Å². The maximum absolute atomic E-state index is 10.7. The molecule has 2 aromatic carbocycles. The Morgan fingerprint density at radius 3 is 2.60 bits per heavy atom. The van der Waals surface area contributed by atoms with Crippen LogP contribution in [-0.4, -0.2) is 15.1 Å². The molecule has 0 bridgehead atoms. The van der Waals surface area contributed by atoms with Gasteiger partial charge >= 0.3 is 0 Å². The maximum Gasteiger partial charge on any atom is 0.270 e. The largest absolute Gasteiger partial charge is 0.508 e. The zero-order valence-corrected chi connectivity index (χ0v) is 10.6. The van der Waals surface area contributed by atoms with Gasteiger partial charge in [-0.25, -0.2) is 0 Å². The second-order valence-corrected chi connectivity index (χ2v) is 4.24. The number of nitrogens with zero attached hydrogens (tertiary/aromatic N) is 1. The highest BCUT2D eigenvalue weighted by atomic mass is 16.6. The van der Waals surface area contributed by atoms with Crippen LogP contribution in [0.1, 0.15) is 11.1 Å². The third-order valence-electron chi connectivity index (χ3n) is 2.93. The Kier molecular flexibility index (Phi) is 4.17. The molecule has 0 aliphatic heterocycles. The molecule has 0 spiro atoms. The quantitative estimate of drug-likeness (QED) is 0.574. The summed E-state index contributed by atoms with van der Waals surface area (Å²) in [5.74, 6) is -0.00965. The fourth-order valence-electron chi connectivity index (χ4n) is 1.85. The van der Waals surface area contributed by atoms with Crippen molar-refractivity contribution in [3.8, 4) is 5.75 Å². The molecule has 6 nitrogen and oxygen atoms in total. The van der Waals surface area contributed by atoms with Gasteiger partial charge in [-0.2, -0.15) is 0 Å². The molecule has 2 aromatic rings. The molecular formula is C14H14N2O4. The number of nitrogens with one attached hydrogen (secondary N) is 1. The summed E-state index contributed by atoms with van der Waals surface area (Å²) >= 11 is 0. The van der Waals surface area contributed by atoms with Crippen molar-refractivity contribution in [2.75, 3.05) is 5.32 Å². The van der Waals surface area contributed by atoms with Crippen molar-refractivity contribution in [1.29, 1.82) is 0 Å². The molecular weight excluding hydrogens is 260 g/mol. The molecule has 0 aliphatic carbocycles. The highest BCUT2D eigenvalue weighted by molar-refractivity contribution is 5.52. The van der Waals surface area contributed by atoms with Gasteiger partial charge in [0, 0.05) is 35.5 Å². The third kappa shape index (κ3) is 3.04. The van der Waals surface area contributed by atoms with Gasteiger partial charge < -0.3 is 15.5 Å². The Hall–Kier alpha value is -2.60. The van der Waals surface area contributed by atoms with Crippen LogP contribution in [0, 0.1) is 10.1 Å². The summed E-state index contributed by atoms with van der Waals surface area (Å²) in [6.07, 6.45) is 0. The maximum atomic E-state index is 10.7. The third-order valence-corrected chi connectivity index (χ3v) is 2.93. The number of benzene rings is 2. The smallest absolute Gasteiger partial charge is 0.270 e. The van der Waals surface area contributed by atoms with Crippen molar-refractivity contribution >= 4 is 11.4 Å². The van der Waals surface area contributed by atoms with E-state index >= 15 is 0 Å². The van der Waals surface area contributed by atoms with E-state index in [4.69, 9.17) is 0 Å². The summed E-state index contributed by atoms with van der Waals surface area (Å²) in [6, 6.07) is 11.1. The van der Waals surface area contributed by atoms with Crippen molar-refractivity contribution < 1.29 is 15.1 Å². The van der Waals surface area contributed by atoms with Crippen LogP contribution in [0.3, 0.4) is 0 Å². The second kappa shape index (κ2) is 6.03. The SMILES string of the molecule is O=[N+]([O-])c1ccc(O)c(CNc2ccccc2CO)c1. The lowest BCUT2D eigenvalue weighted by atomic mass is 10.1. The van der Waals surface area contributed by atoms with Crippen LogP contribution in [0.4, 0.5) is 11.4 Å². The molecule has 0 unspecified atom stereocenters. The summed E-state index contributed by atoms with van der Waals surface area (Å²) in [7, 11) is 0. The van der Waals surface area contributed by atoms with E-state index in [1.165, 1.54) is 18.2 Å². The Morgan fingerprint density at radius 2 is 1.90 bits per heavy atom. The van der Waals surface area contributed by atoms with Gasteiger partial charge in [0.15, 0.2) is 0 Å². The van der Waals surface area contributed by atoms with Crippen LogP contribution >= 0.6 is 0 Å². The molecule has 0 heterocycles. The van der Waals surface area contributed by atoms with Crippen LogP contribution in [0.5, 0.6) is 5.75 Å². The van der Waals surface area contributed by atoms with E-state index in [0.29, 0.717) is 5.56 Å². The lowest BCUT2D eigenvalue weighted by Crippen LogP contribution is -2.03. The van der Waals surface area contributed by atoms with E-state index in [0.717, 1.165) is 11.3 Å². The monoisotopic (exact) mass is 274 g/mol. The summed E-state index contributed by atoms with van der Waals surface area (Å²) in [5, 5.41) is 32.7. The number of hydrogen-bond donors (Lipinski definition) is 3. The molecule has 0 saturated carbocycles. The average Bonchev–Trinajstić information content (AvgIpc) is 2.46. The van der Waals surface area contributed by atoms with Crippen molar-refractivity contribution in [2.24, 2.45) is 0 Å². The van der Waals surface area contributed by atoms with E-state index < -0.39 is 4.92 Å². The van der Waals surface area contributed by atoms with Gasteiger partial charge in [-0.05, 0) is 12.1 Å². The number of hydrogen-bond acceptors (Lipinski definition) is 5. The number of aliphatic hydroxyl groups is 1. The number of phenolic OH excluding ortho intramolecular Hbond substituents is 1. The van der Waals surface area contributed by atoms with Crippen molar-refractivity contribution in [3.63, 3.8) is 0 Å². The van der Waals surface area contributed by atoms with Gasteiger partial charge in [-0.3, -0.25) is 10.1 Å². The van der Waals surface area contributed by atoms with Gasteiger partial charge in [-0.1, -0.05) is 18.2 Å². The normalized spacial score (nSPS) is 10.2. The standard InChI is InChI=1S/C14H14N2O4/c17-9-10-3-1-2-4-13(10)15-8-11-7-12(16(19)20)5-6-14(11)18/h1-7,15,17-18H,8-9H2. The number of non-ortho nitro benzene ring substituents is 1. The summed E-state index contributed by atoms with van der Waals surface area (Å²) in [5.41, 5.74) is 1.79. The van der Waals surface area contributed by atoms with Crippen molar-refractivity contribution in [2.45, 2.75) is 13.2 Å². The number of nitro benzene ring substituents is 1. The van der Waals surface area contributed by atoms with E-state index in [2.05, 4.69) is 5.32 Å². The molecule has 0 amide bonds. The molecule has 3 N–H and O–H groups in total. The molecule has 104 valence electrons. The number of phenols is 1. The summed E-state index contributed by atoms with van der Waals surface area (Å²) in [6.45, 7) is 0.120. The minimum atomic E-state index is -0.509. The summed E-state index contributed by atoms with van der Waals surface area (Å²) < 4.78 is 0. The zero-order valence-electron chi connectivity index (χ0n) is 10.6. The first-order valence-electron chi connectivity index (χ1n) is 6.00. The second-order valence-electron chi connectivity index (χ2n) is 4.24. The van der Waals surface area contributed by atoms with Crippen molar-refractivity contribution in [3.05, 3.63) is 63.7 Å². The first-order valence-corrected chi connectivity index (χ1v) is 6.00. The van der Waals surface area contributed by atoms with Crippen LogP contribution in [-0.2, 0) is 13.2 Å². The topological polar surface area (TPSA) is 95.6 Å². The van der Waals surface area contributed by atoms with E-state index in [-0.39, 0.29) is 24.6 Å². The molecule has 6 heteroatoms. The van der Waals surface area contributed by atoms with Gasteiger partial charge in [0.25, 0.3) is 5.69 Å². The molecule has 0 atom stereocenters. The number of nitro groups is 1. The molecule has 20 heavy (non-hydrogen) atoms. The van der Waals surface area contributed by atoms with Crippen LogP contribution < -0.4 is 5.32 Å². The number of aromatic hydroxyl groups is 1. The molecule has 2 rings (SSSR count). The van der Waals surface area contributed by atoms with E-state index in [1.54, 1.807) is 12.1 Å². The fraction of sp³-hybridized carbons (Fsp3) is 0.143. The van der Waals surface area contributed by atoms with Crippen LogP contribution in [0.15, 0.2) is 42.5 Å². The molecule has 0 aromatic heterocycles. The predicted octanol–water partition coefficient (Wildman–Crippen LogP) is 2.40. The molecule has 0 radical (unpaired) electrons. The molecule has 0 aliphatic rings. The Labute approximate surface area is 115 Å². The Bertz CT molecular complexity index is 628. The summed E-state index contributed by atoms with van der Waals surface area (Å²) in [4.78, 5) is 10.2. The minimum Gasteiger partial charge on any atom is -0.508 e. The van der Waals surface area contributed by atoms with E-state index in [1.807, 2.05) is 12.1 Å².